The van der Waals surface area contributed by atoms with Crippen molar-refractivity contribution in [3.05, 3.63) is 0 Å². The molecule has 0 aromatic heterocycles. The van der Waals surface area contributed by atoms with Crippen LogP contribution < -0.4 is 5.73 Å². The average molecular weight is 210 g/mol. The first-order valence-electron chi connectivity index (χ1n) is 6.38. The quantitative estimate of drug-likeness (QED) is 0.706. The fraction of sp³-hybridized carbons (Fsp3) is 1.00. The second kappa shape index (κ2) is 3.19. The van der Waals surface area contributed by atoms with Crippen LogP contribution in [0.25, 0.3) is 0 Å². The Balaban J connectivity index is 1.89. The average Bonchev–Trinajstić information content (AvgIpc) is 2.70. The molecule has 3 nitrogen and oxygen atoms in total. The lowest BCUT2D eigenvalue weighted by Gasteiger charge is -2.53. The van der Waals surface area contributed by atoms with Crippen molar-refractivity contribution in [2.45, 2.75) is 50.2 Å². The van der Waals surface area contributed by atoms with Gasteiger partial charge >= 0.3 is 0 Å². The lowest BCUT2D eigenvalue weighted by Crippen LogP contribution is -2.61. The van der Waals surface area contributed by atoms with Gasteiger partial charge in [0.05, 0.1) is 5.60 Å². The molecule has 2 heterocycles. The zero-order valence-electron chi connectivity index (χ0n) is 9.41. The summed E-state index contributed by atoms with van der Waals surface area (Å²) < 4.78 is 0. The Hall–Kier alpha value is -0.120. The predicted molar refractivity (Wildman–Crippen MR) is 59.5 cm³/mol. The molecule has 0 amide bonds. The summed E-state index contributed by atoms with van der Waals surface area (Å²) in [6.45, 7) is 2.95. The van der Waals surface area contributed by atoms with Crippen molar-refractivity contribution in [2.75, 3.05) is 19.6 Å². The number of aliphatic hydroxyl groups is 1. The van der Waals surface area contributed by atoms with Crippen molar-refractivity contribution in [1.29, 1.82) is 0 Å². The summed E-state index contributed by atoms with van der Waals surface area (Å²) in [7, 11) is 0. The first kappa shape index (κ1) is 10.1. The Morgan fingerprint density at radius 2 is 2.00 bits per heavy atom. The largest absolute Gasteiger partial charge is 0.388 e. The monoisotopic (exact) mass is 210 g/mol. The summed E-state index contributed by atoms with van der Waals surface area (Å²) in [5, 5.41) is 11.0. The van der Waals surface area contributed by atoms with Gasteiger partial charge in [-0.05, 0) is 38.6 Å². The van der Waals surface area contributed by atoms with Crippen LogP contribution in [0.4, 0.5) is 0 Å². The van der Waals surface area contributed by atoms with Gasteiger partial charge in [-0.3, -0.25) is 4.90 Å². The van der Waals surface area contributed by atoms with Crippen molar-refractivity contribution in [1.82, 2.24) is 4.90 Å². The van der Waals surface area contributed by atoms with Crippen molar-refractivity contribution >= 4 is 0 Å². The molecule has 1 saturated carbocycles. The number of fused-ring (bicyclic) bond motifs is 1. The number of hydrogen-bond donors (Lipinski definition) is 2. The highest BCUT2D eigenvalue weighted by atomic mass is 16.3. The third kappa shape index (κ3) is 1.12. The second-order valence-corrected chi connectivity index (χ2v) is 5.71. The van der Waals surface area contributed by atoms with Gasteiger partial charge in [0, 0.05) is 24.5 Å². The van der Waals surface area contributed by atoms with Crippen LogP contribution in [0, 0.1) is 5.41 Å². The molecule has 0 aromatic rings. The van der Waals surface area contributed by atoms with E-state index in [4.69, 9.17) is 5.73 Å². The van der Waals surface area contributed by atoms with Crippen molar-refractivity contribution in [3.8, 4) is 0 Å². The fourth-order valence-electron chi connectivity index (χ4n) is 4.15. The SMILES string of the molecule is NCC1(C2(O)CCN3CCCC32)CCC1. The molecule has 15 heavy (non-hydrogen) atoms. The molecule has 2 saturated heterocycles. The number of nitrogens with two attached hydrogens (primary N) is 1. The van der Waals surface area contributed by atoms with E-state index in [-0.39, 0.29) is 5.41 Å². The molecule has 1 aliphatic carbocycles. The number of nitrogens with zero attached hydrogens (tertiary/aromatic N) is 1. The van der Waals surface area contributed by atoms with Gasteiger partial charge in [-0.2, -0.15) is 0 Å². The van der Waals surface area contributed by atoms with Crippen LogP contribution in [0.2, 0.25) is 0 Å². The molecule has 3 aliphatic rings. The summed E-state index contributed by atoms with van der Waals surface area (Å²) in [6, 6.07) is 0.418. The molecule has 2 aliphatic heterocycles. The zero-order valence-corrected chi connectivity index (χ0v) is 9.41. The molecular weight excluding hydrogens is 188 g/mol. The highest BCUT2D eigenvalue weighted by molar-refractivity contribution is 5.14. The van der Waals surface area contributed by atoms with Gasteiger partial charge in [-0.1, -0.05) is 6.42 Å². The van der Waals surface area contributed by atoms with Crippen LogP contribution in [0.15, 0.2) is 0 Å². The van der Waals surface area contributed by atoms with Crippen molar-refractivity contribution < 1.29 is 5.11 Å². The molecule has 3 heteroatoms. The first-order chi connectivity index (χ1) is 7.22. The maximum absolute atomic E-state index is 11.0. The normalized spacial score (nSPS) is 44.0. The minimum Gasteiger partial charge on any atom is -0.388 e. The van der Waals surface area contributed by atoms with Crippen LogP contribution in [0.3, 0.4) is 0 Å². The van der Waals surface area contributed by atoms with Gasteiger partial charge in [-0.15, -0.1) is 0 Å². The molecule has 0 radical (unpaired) electrons. The smallest absolute Gasteiger partial charge is 0.0882 e. The van der Waals surface area contributed by atoms with E-state index < -0.39 is 5.60 Å². The molecule has 3 N–H and O–H groups in total. The first-order valence-corrected chi connectivity index (χ1v) is 6.38. The van der Waals surface area contributed by atoms with Gasteiger partial charge in [0.2, 0.25) is 0 Å². The van der Waals surface area contributed by atoms with Gasteiger partial charge in [0.1, 0.15) is 0 Å². The Labute approximate surface area is 91.6 Å². The highest BCUT2D eigenvalue weighted by Crippen LogP contribution is 2.56. The zero-order chi connectivity index (χ0) is 10.5. The van der Waals surface area contributed by atoms with E-state index in [2.05, 4.69) is 4.90 Å². The van der Waals surface area contributed by atoms with Gasteiger partial charge in [0.25, 0.3) is 0 Å². The number of rotatable bonds is 2. The van der Waals surface area contributed by atoms with Gasteiger partial charge in [0.15, 0.2) is 0 Å². The maximum Gasteiger partial charge on any atom is 0.0882 e. The van der Waals surface area contributed by atoms with E-state index >= 15 is 0 Å². The van der Waals surface area contributed by atoms with Crippen molar-refractivity contribution in [2.24, 2.45) is 11.1 Å². The standard InChI is InChI=1S/C12H22N2O/c13-9-11(4-2-5-11)12(15)6-8-14-7-1-3-10(12)14/h10,15H,1-9,13H2. The van der Waals surface area contributed by atoms with Gasteiger partial charge < -0.3 is 10.8 Å². The molecule has 2 atom stereocenters. The molecule has 2 unspecified atom stereocenters. The molecule has 0 aromatic carbocycles. The minimum atomic E-state index is -0.462. The van der Waals surface area contributed by atoms with Crippen LogP contribution >= 0.6 is 0 Å². The molecule has 3 rings (SSSR count). The van der Waals surface area contributed by atoms with Crippen molar-refractivity contribution in [3.63, 3.8) is 0 Å². The topological polar surface area (TPSA) is 49.5 Å². The van der Waals surface area contributed by atoms with Gasteiger partial charge in [-0.25, -0.2) is 0 Å². The Morgan fingerprint density at radius 1 is 1.20 bits per heavy atom. The molecule has 0 spiro atoms. The van der Waals surface area contributed by atoms with E-state index in [0.29, 0.717) is 12.6 Å². The summed E-state index contributed by atoms with van der Waals surface area (Å²) in [5.41, 5.74) is 5.54. The summed E-state index contributed by atoms with van der Waals surface area (Å²) in [6.07, 6.45) is 6.93. The molecule has 86 valence electrons. The van der Waals surface area contributed by atoms with E-state index in [1.165, 1.54) is 25.8 Å². The van der Waals surface area contributed by atoms with Crippen LogP contribution in [0.1, 0.15) is 38.5 Å². The molecule has 0 bridgehead atoms. The van der Waals surface area contributed by atoms with E-state index in [1.807, 2.05) is 0 Å². The van der Waals surface area contributed by atoms with Crippen LogP contribution in [0.5, 0.6) is 0 Å². The lowest BCUT2D eigenvalue weighted by molar-refractivity contribution is -0.135. The highest BCUT2D eigenvalue weighted by Gasteiger charge is 2.61. The Kier molecular flexibility index (Phi) is 2.14. The summed E-state index contributed by atoms with van der Waals surface area (Å²) in [5.74, 6) is 0. The van der Waals surface area contributed by atoms with Crippen LogP contribution in [-0.4, -0.2) is 41.3 Å². The van der Waals surface area contributed by atoms with Crippen LogP contribution in [-0.2, 0) is 0 Å². The number of hydrogen-bond acceptors (Lipinski definition) is 3. The molecule has 3 fully saturated rings. The third-order valence-corrected chi connectivity index (χ3v) is 5.31. The predicted octanol–water partition coefficient (Wildman–Crippen LogP) is 0.715. The minimum absolute atomic E-state index is 0.0662. The fourth-order valence-corrected chi connectivity index (χ4v) is 4.15. The van der Waals surface area contributed by atoms with E-state index in [1.54, 1.807) is 0 Å². The third-order valence-electron chi connectivity index (χ3n) is 5.31. The molecular formula is C12H22N2O. The van der Waals surface area contributed by atoms with E-state index in [0.717, 1.165) is 25.8 Å². The maximum atomic E-state index is 11.0. The Bertz CT molecular complexity index is 259. The van der Waals surface area contributed by atoms with E-state index in [9.17, 15) is 5.11 Å². The Morgan fingerprint density at radius 3 is 2.60 bits per heavy atom. The lowest BCUT2D eigenvalue weighted by atomic mass is 9.56. The second-order valence-electron chi connectivity index (χ2n) is 5.71. The summed E-state index contributed by atoms with van der Waals surface area (Å²) >= 11 is 0. The summed E-state index contributed by atoms with van der Waals surface area (Å²) in [4.78, 5) is 2.48.